The van der Waals surface area contributed by atoms with Crippen LogP contribution in [0.15, 0.2) is 0 Å². The van der Waals surface area contributed by atoms with Crippen molar-refractivity contribution in [1.82, 2.24) is 0 Å². The molecule has 0 spiro atoms. The van der Waals surface area contributed by atoms with Crippen LogP contribution in [-0.4, -0.2) is 19.8 Å². The van der Waals surface area contributed by atoms with E-state index in [2.05, 4.69) is 4.18 Å². The third-order valence-electron chi connectivity index (χ3n) is 1.01. The highest BCUT2D eigenvalue weighted by atomic mass is 32.2. The van der Waals surface area contributed by atoms with Gasteiger partial charge in [-0.15, -0.1) is 0 Å². The lowest BCUT2D eigenvalue weighted by atomic mass is 10.5. The van der Waals surface area contributed by atoms with E-state index in [4.69, 9.17) is 5.73 Å². The van der Waals surface area contributed by atoms with Crippen molar-refractivity contribution < 1.29 is 17.4 Å². The maximum absolute atomic E-state index is 10.8. The molecule has 6 heteroatoms. The molecule has 0 aromatic heterocycles. The largest absolute Gasteiger partial charge is 0.345 e. The average Bonchev–Trinajstić information content (AvgIpc) is 1.83. The van der Waals surface area contributed by atoms with Gasteiger partial charge in [0.1, 0.15) is 5.37 Å². The van der Waals surface area contributed by atoms with Gasteiger partial charge in [0, 0.05) is 6.92 Å². The Morgan fingerprint density at radius 2 is 2.09 bits per heavy atom. The predicted octanol–water partition coefficient (Wildman–Crippen LogP) is -0.426. The van der Waals surface area contributed by atoms with Crippen molar-refractivity contribution in [3.8, 4) is 0 Å². The summed E-state index contributed by atoms with van der Waals surface area (Å²) in [6, 6.07) is 0. The standard InChI is InChI=1S/C5H11NO4S/c1-3-5(6)11(8,9)10-4(2)7/h5H,3,6H2,1-2H3. The number of hydrogen-bond donors (Lipinski definition) is 1. The molecule has 11 heavy (non-hydrogen) atoms. The zero-order valence-electron chi connectivity index (χ0n) is 6.40. The van der Waals surface area contributed by atoms with Gasteiger partial charge in [0.15, 0.2) is 0 Å². The highest BCUT2D eigenvalue weighted by Crippen LogP contribution is 2.02. The second kappa shape index (κ2) is 3.68. The van der Waals surface area contributed by atoms with Crippen LogP contribution in [0.3, 0.4) is 0 Å². The summed E-state index contributed by atoms with van der Waals surface area (Å²) >= 11 is 0. The average molecular weight is 181 g/mol. The molecule has 0 aliphatic rings. The van der Waals surface area contributed by atoms with Crippen LogP contribution in [0.1, 0.15) is 20.3 Å². The molecule has 0 radical (unpaired) electrons. The predicted molar refractivity (Wildman–Crippen MR) is 39.0 cm³/mol. The Kier molecular flexibility index (Phi) is 3.47. The molecule has 1 unspecified atom stereocenters. The van der Waals surface area contributed by atoms with Gasteiger partial charge < -0.3 is 9.92 Å². The Balaban J connectivity index is 4.35. The van der Waals surface area contributed by atoms with Crippen molar-refractivity contribution in [1.29, 1.82) is 0 Å². The van der Waals surface area contributed by atoms with Gasteiger partial charge in [-0.3, -0.25) is 4.79 Å². The third kappa shape index (κ3) is 3.33. The topological polar surface area (TPSA) is 86.5 Å². The van der Waals surface area contributed by atoms with E-state index in [0.29, 0.717) is 0 Å². The first-order chi connectivity index (χ1) is 4.90. The molecule has 2 N–H and O–H groups in total. The molecule has 0 heterocycles. The molecule has 0 aliphatic heterocycles. The zero-order valence-corrected chi connectivity index (χ0v) is 7.22. The highest BCUT2D eigenvalue weighted by Gasteiger charge is 2.22. The Morgan fingerprint density at radius 3 is 2.36 bits per heavy atom. The fourth-order valence-electron chi connectivity index (χ4n) is 0.429. The molecule has 1 atom stereocenters. The van der Waals surface area contributed by atoms with Crippen molar-refractivity contribution in [2.24, 2.45) is 5.73 Å². The lowest BCUT2D eigenvalue weighted by Crippen LogP contribution is -2.32. The first-order valence-corrected chi connectivity index (χ1v) is 4.56. The molecular formula is C5H11NO4S. The van der Waals surface area contributed by atoms with Gasteiger partial charge in [-0.2, -0.15) is 8.42 Å². The summed E-state index contributed by atoms with van der Waals surface area (Å²) in [6.45, 7) is 2.60. The van der Waals surface area contributed by atoms with E-state index in [1.807, 2.05) is 0 Å². The lowest BCUT2D eigenvalue weighted by molar-refractivity contribution is -0.131. The molecule has 0 rings (SSSR count). The highest BCUT2D eigenvalue weighted by molar-refractivity contribution is 7.87. The van der Waals surface area contributed by atoms with Crippen molar-refractivity contribution in [3.63, 3.8) is 0 Å². The van der Waals surface area contributed by atoms with E-state index in [1.165, 1.54) is 0 Å². The van der Waals surface area contributed by atoms with Crippen molar-refractivity contribution in [3.05, 3.63) is 0 Å². The quantitative estimate of drug-likeness (QED) is 0.597. The molecule has 0 bridgehead atoms. The molecule has 0 saturated carbocycles. The number of carbonyl (C=O) groups is 1. The van der Waals surface area contributed by atoms with Crippen LogP contribution in [0.2, 0.25) is 0 Å². The van der Waals surface area contributed by atoms with Crippen LogP contribution >= 0.6 is 0 Å². The number of hydrogen-bond acceptors (Lipinski definition) is 5. The molecule has 0 aliphatic carbocycles. The first-order valence-electron chi connectivity index (χ1n) is 3.09. The molecule has 5 nitrogen and oxygen atoms in total. The number of nitrogens with two attached hydrogens (primary N) is 1. The van der Waals surface area contributed by atoms with Crippen molar-refractivity contribution >= 4 is 16.1 Å². The van der Waals surface area contributed by atoms with Gasteiger partial charge in [-0.25, -0.2) is 0 Å². The Hall–Kier alpha value is -0.620. The minimum absolute atomic E-state index is 0.218. The minimum Gasteiger partial charge on any atom is -0.345 e. The Labute approximate surface area is 65.6 Å². The minimum atomic E-state index is -3.88. The number of carbonyl (C=O) groups excluding carboxylic acids is 1. The van der Waals surface area contributed by atoms with Crippen LogP contribution in [0.25, 0.3) is 0 Å². The summed E-state index contributed by atoms with van der Waals surface area (Å²) in [7, 11) is -3.88. The van der Waals surface area contributed by atoms with Crippen LogP contribution in [0.5, 0.6) is 0 Å². The summed E-state index contributed by atoms with van der Waals surface area (Å²) in [6.07, 6.45) is 0.218. The molecule has 0 aromatic rings. The Bertz CT molecular complexity index is 233. The maximum Gasteiger partial charge on any atom is 0.327 e. The van der Waals surface area contributed by atoms with Gasteiger partial charge in [-0.1, -0.05) is 6.92 Å². The first kappa shape index (κ1) is 10.4. The normalized spacial score (nSPS) is 14.1. The van der Waals surface area contributed by atoms with Crippen LogP contribution in [0.4, 0.5) is 0 Å². The summed E-state index contributed by atoms with van der Waals surface area (Å²) < 4.78 is 25.6. The second-order valence-corrected chi connectivity index (χ2v) is 3.77. The van der Waals surface area contributed by atoms with Gasteiger partial charge in [-0.05, 0) is 6.42 Å². The molecular weight excluding hydrogens is 170 g/mol. The van der Waals surface area contributed by atoms with Gasteiger partial charge >= 0.3 is 16.1 Å². The van der Waals surface area contributed by atoms with Gasteiger partial charge in [0.25, 0.3) is 0 Å². The SMILES string of the molecule is CCC(N)S(=O)(=O)OC(C)=O. The van der Waals surface area contributed by atoms with Crippen LogP contribution in [-0.2, 0) is 19.1 Å². The van der Waals surface area contributed by atoms with Crippen LogP contribution < -0.4 is 5.73 Å². The number of rotatable bonds is 3. The van der Waals surface area contributed by atoms with E-state index >= 15 is 0 Å². The summed E-state index contributed by atoms with van der Waals surface area (Å²) in [5.74, 6) is -0.867. The smallest absolute Gasteiger partial charge is 0.327 e. The summed E-state index contributed by atoms with van der Waals surface area (Å²) in [5.41, 5.74) is 5.13. The zero-order chi connectivity index (χ0) is 9.07. The third-order valence-corrected chi connectivity index (χ3v) is 2.55. The molecule has 0 amide bonds. The molecule has 0 aromatic carbocycles. The fourth-order valence-corrected chi connectivity index (χ4v) is 1.29. The lowest BCUT2D eigenvalue weighted by Gasteiger charge is -2.08. The van der Waals surface area contributed by atoms with E-state index in [-0.39, 0.29) is 6.42 Å². The fraction of sp³-hybridized carbons (Fsp3) is 0.800. The second-order valence-electron chi connectivity index (χ2n) is 2.01. The van der Waals surface area contributed by atoms with E-state index in [0.717, 1.165) is 6.92 Å². The summed E-state index contributed by atoms with van der Waals surface area (Å²) in [4.78, 5) is 10.2. The monoisotopic (exact) mass is 181 g/mol. The van der Waals surface area contributed by atoms with E-state index in [1.54, 1.807) is 6.92 Å². The van der Waals surface area contributed by atoms with E-state index in [9.17, 15) is 13.2 Å². The van der Waals surface area contributed by atoms with Crippen molar-refractivity contribution in [2.45, 2.75) is 25.6 Å². The van der Waals surface area contributed by atoms with E-state index < -0.39 is 21.5 Å². The molecule has 66 valence electrons. The van der Waals surface area contributed by atoms with Gasteiger partial charge in [0.05, 0.1) is 0 Å². The summed E-state index contributed by atoms with van der Waals surface area (Å²) in [5, 5.41) is -1.12. The Morgan fingerprint density at radius 1 is 1.64 bits per heavy atom. The molecule has 0 saturated heterocycles. The van der Waals surface area contributed by atoms with Crippen molar-refractivity contribution in [2.75, 3.05) is 0 Å². The maximum atomic E-state index is 10.8. The van der Waals surface area contributed by atoms with Crippen LogP contribution in [0, 0.1) is 0 Å². The molecule has 0 fully saturated rings. The van der Waals surface area contributed by atoms with Gasteiger partial charge in [0.2, 0.25) is 0 Å².